The van der Waals surface area contributed by atoms with Crippen LogP contribution in [-0.4, -0.2) is 83.5 Å². The van der Waals surface area contributed by atoms with Crippen LogP contribution >= 0.6 is 0 Å². The molecule has 3 rings (SSSR count). The number of carboxylic acid groups (broad SMARTS) is 1. The van der Waals surface area contributed by atoms with E-state index in [4.69, 9.17) is 4.74 Å². The molecule has 3 N–H and O–H groups in total. The second-order valence-electron chi connectivity index (χ2n) is 8.04. The molecular formula is C25H28N3NaO6. The Bertz CT molecular complexity index is 1180. The molecular weight excluding hydrogens is 461 g/mol. The third-order valence-corrected chi connectivity index (χ3v) is 5.78. The van der Waals surface area contributed by atoms with E-state index in [9.17, 15) is 24.3 Å². The van der Waals surface area contributed by atoms with E-state index in [-0.39, 0.29) is 29.6 Å². The molecule has 0 aromatic heterocycles. The number of rotatable bonds is 7. The van der Waals surface area contributed by atoms with Crippen LogP contribution in [0.15, 0.2) is 48.7 Å². The Balaban J connectivity index is 0.00000432. The first-order chi connectivity index (χ1) is 16.1. The number of carboxylic acids is 1. The van der Waals surface area contributed by atoms with Gasteiger partial charge in [-0.15, -0.1) is 0 Å². The van der Waals surface area contributed by atoms with Crippen molar-refractivity contribution in [2.75, 3.05) is 14.2 Å². The minimum atomic E-state index is -1.39. The number of methoxy groups -OCH3 is 1. The number of ether oxygens (including phenoxy) is 1. The van der Waals surface area contributed by atoms with Crippen LogP contribution in [0.5, 0.6) is 5.75 Å². The second-order valence-corrected chi connectivity index (χ2v) is 8.04. The number of nitrogens with zero attached hydrogens (tertiary/aromatic N) is 1. The zero-order chi connectivity index (χ0) is 25.0. The Morgan fingerprint density at radius 3 is 2.43 bits per heavy atom. The summed E-state index contributed by atoms with van der Waals surface area (Å²) in [7, 11) is 2.93. The Labute approximate surface area is 225 Å². The molecule has 0 aliphatic carbocycles. The molecule has 0 fully saturated rings. The van der Waals surface area contributed by atoms with Crippen LogP contribution in [0.4, 0.5) is 4.79 Å². The van der Waals surface area contributed by atoms with Crippen LogP contribution in [0.2, 0.25) is 0 Å². The van der Waals surface area contributed by atoms with Crippen molar-refractivity contribution in [2.24, 2.45) is 0 Å². The number of carbonyl (C=O) groups is 4. The first-order valence-corrected chi connectivity index (χ1v) is 10.6. The molecule has 35 heavy (non-hydrogen) atoms. The Hall–Kier alpha value is -3.14. The number of likely N-dealkylation sites (N-methyl/N-ethyl adjacent to an activating group) is 1. The van der Waals surface area contributed by atoms with Crippen molar-refractivity contribution in [1.82, 2.24) is 15.5 Å². The first kappa shape index (κ1) is 28.1. The van der Waals surface area contributed by atoms with E-state index < -0.39 is 42.2 Å². The molecule has 9 nitrogen and oxygen atoms in total. The number of hydrogen-bond donors (Lipinski definition) is 3. The van der Waals surface area contributed by atoms with Crippen LogP contribution in [-0.2, 0) is 14.4 Å². The number of urea groups is 1. The number of hydrogen-bond acceptors (Lipinski definition) is 5. The minimum absolute atomic E-state index is 0. The van der Waals surface area contributed by atoms with Gasteiger partial charge in [0.2, 0.25) is 0 Å². The molecule has 10 heteroatoms. The molecule has 1 aliphatic rings. The summed E-state index contributed by atoms with van der Waals surface area (Å²) in [5, 5.41) is 14.5. The SMILES string of the molecule is COc1ccc(-c2ccccc2C)c(C)c1[C@H](CC(=O)O)NC(=O)NC1C(=O)C=CN(C)C1=O.[NaH]. The monoisotopic (exact) mass is 489 g/mol. The summed E-state index contributed by atoms with van der Waals surface area (Å²) < 4.78 is 5.50. The summed E-state index contributed by atoms with van der Waals surface area (Å²) >= 11 is 0. The number of aryl methyl sites for hydroxylation is 1. The number of benzene rings is 2. The average molecular weight is 490 g/mol. The fourth-order valence-corrected chi connectivity index (χ4v) is 4.03. The van der Waals surface area contributed by atoms with E-state index in [0.29, 0.717) is 11.3 Å². The second kappa shape index (κ2) is 12.0. The van der Waals surface area contributed by atoms with Crippen molar-refractivity contribution in [3.05, 3.63) is 65.4 Å². The topological polar surface area (TPSA) is 125 Å². The summed E-state index contributed by atoms with van der Waals surface area (Å²) in [6, 6.07) is 8.18. The number of ketones is 1. The normalized spacial score (nSPS) is 15.8. The molecule has 0 saturated carbocycles. The van der Waals surface area contributed by atoms with Crippen molar-refractivity contribution in [3.63, 3.8) is 0 Å². The zero-order valence-electron chi connectivity index (χ0n) is 19.4. The van der Waals surface area contributed by atoms with Crippen LogP contribution < -0.4 is 15.4 Å². The van der Waals surface area contributed by atoms with Gasteiger partial charge in [-0.1, -0.05) is 30.3 Å². The van der Waals surface area contributed by atoms with Gasteiger partial charge in [-0.25, -0.2) is 4.79 Å². The van der Waals surface area contributed by atoms with E-state index >= 15 is 0 Å². The summed E-state index contributed by atoms with van der Waals surface area (Å²) in [6.07, 6.45) is 2.08. The molecule has 1 heterocycles. The third-order valence-electron chi connectivity index (χ3n) is 5.78. The number of carbonyl (C=O) groups excluding carboxylic acids is 3. The first-order valence-electron chi connectivity index (χ1n) is 10.6. The van der Waals surface area contributed by atoms with Crippen LogP contribution in [0.25, 0.3) is 11.1 Å². The van der Waals surface area contributed by atoms with Gasteiger partial charge < -0.3 is 25.4 Å². The van der Waals surface area contributed by atoms with Gasteiger partial charge in [-0.2, -0.15) is 0 Å². The molecule has 0 bridgehead atoms. The van der Waals surface area contributed by atoms with Crippen molar-refractivity contribution < 1.29 is 29.0 Å². The quantitative estimate of drug-likeness (QED) is 0.404. The molecule has 1 aliphatic heterocycles. The third kappa shape index (κ3) is 6.30. The van der Waals surface area contributed by atoms with Crippen molar-refractivity contribution in [2.45, 2.75) is 32.4 Å². The molecule has 2 atom stereocenters. The summed E-state index contributed by atoms with van der Waals surface area (Å²) in [5.74, 6) is -1.88. The molecule has 180 valence electrons. The molecule has 0 saturated heterocycles. The van der Waals surface area contributed by atoms with Gasteiger partial charge in [0, 0.05) is 24.9 Å². The maximum atomic E-state index is 12.8. The van der Waals surface area contributed by atoms with E-state index in [1.54, 1.807) is 6.07 Å². The van der Waals surface area contributed by atoms with Gasteiger partial charge in [0.25, 0.3) is 5.91 Å². The fourth-order valence-electron chi connectivity index (χ4n) is 4.03. The predicted octanol–water partition coefficient (Wildman–Crippen LogP) is 2.07. The molecule has 0 spiro atoms. The fraction of sp³-hybridized carbons (Fsp3) is 0.280. The molecule has 1 unspecified atom stereocenters. The summed E-state index contributed by atoms with van der Waals surface area (Å²) in [6.45, 7) is 3.81. The van der Waals surface area contributed by atoms with Crippen LogP contribution in [0.3, 0.4) is 0 Å². The Kier molecular flexibility index (Phi) is 9.64. The van der Waals surface area contributed by atoms with Gasteiger partial charge in [0.15, 0.2) is 11.8 Å². The number of nitrogens with one attached hydrogen (secondary N) is 2. The van der Waals surface area contributed by atoms with Gasteiger partial charge in [-0.3, -0.25) is 14.4 Å². The van der Waals surface area contributed by atoms with Gasteiger partial charge >= 0.3 is 41.6 Å². The van der Waals surface area contributed by atoms with Gasteiger partial charge in [-0.05, 0) is 42.2 Å². The van der Waals surface area contributed by atoms with Crippen molar-refractivity contribution >= 4 is 53.2 Å². The molecule has 0 radical (unpaired) electrons. The van der Waals surface area contributed by atoms with Crippen molar-refractivity contribution in [1.29, 1.82) is 0 Å². The van der Waals surface area contributed by atoms with Gasteiger partial charge in [0.05, 0.1) is 19.6 Å². The van der Waals surface area contributed by atoms with E-state index in [1.165, 1.54) is 31.3 Å². The van der Waals surface area contributed by atoms with E-state index in [0.717, 1.165) is 22.3 Å². The number of aliphatic carboxylic acids is 1. The van der Waals surface area contributed by atoms with Crippen LogP contribution in [0, 0.1) is 13.8 Å². The van der Waals surface area contributed by atoms with E-state index in [1.807, 2.05) is 44.2 Å². The molecule has 2 aromatic rings. The number of amides is 3. The maximum absolute atomic E-state index is 12.8. The Morgan fingerprint density at radius 1 is 1.11 bits per heavy atom. The Morgan fingerprint density at radius 2 is 1.80 bits per heavy atom. The average Bonchev–Trinajstić information content (AvgIpc) is 2.79. The van der Waals surface area contributed by atoms with Gasteiger partial charge in [0.1, 0.15) is 5.75 Å². The van der Waals surface area contributed by atoms with E-state index in [2.05, 4.69) is 10.6 Å². The zero-order valence-corrected chi connectivity index (χ0v) is 19.4. The summed E-state index contributed by atoms with van der Waals surface area (Å²) in [5.41, 5.74) is 4.12. The van der Waals surface area contributed by atoms with Crippen LogP contribution in [0.1, 0.15) is 29.2 Å². The summed E-state index contributed by atoms with van der Waals surface area (Å²) in [4.78, 5) is 50.1. The standard InChI is InChI=1S/C25H27N3O6.Na.H/c1-14-7-5-6-8-16(14)17-9-10-20(34-4)22(15(17)2)18(13-21(30)31)26-25(33)27-23-19(29)11-12-28(3)24(23)32;;/h5-12,18,23H,13H2,1-4H3,(H,30,31)(H2,26,27,33);;/t18-,23?;;/m0../s1. The predicted molar refractivity (Wildman–Crippen MR) is 132 cm³/mol. The van der Waals surface area contributed by atoms with Crippen molar-refractivity contribution in [3.8, 4) is 16.9 Å². The molecule has 3 amide bonds. The molecule has 2 aromatic carbocycles.